The Labute approximate surface area is 219 Å². The van der Waals surface area contributed by atoms with Crippen LogP contribution in [-0.4, -0.2) is 104 Å². The average Bonchev–Trinajstić information content (AvgIpc) is 3.12. The van der Waals surface area contributed by atoms with Gasteiger partial charge in [0.2, 0.25) is 15.9 Å². The van der Waals surface area contributed by atoms with E-state index in [0.29, 0.717) is 42.9 Å². The highest BCUT2D eigenvalue weighted by atomic mass is 32.2. The number of nitrogens with one attached hydrogen (secondary N) is 1. The van der Waals surface area contributed by atoms with Crippen LogP contribution in [0.25, 0.3) is 0 Å². The smallest absolute Gasteiger partial charge is 0.228 e. The zero-order valence-corrected chi connectivity index (χ0v) is 23.4. The van der Waals surface area contributed by atoms with E-state index in [0.717, 1.165) is 90.4 Å². The van der Waals surface area contributed by atoms with Crippen molar-refractivity contribution in [3.05, 3.63) is 0 Å². The molecule has 4 saturated heterocycles. The Morgan fingerprint density at radius 2 is 1.44 bits per heavy atom. The number of sulfonamides is 1. The van der Waals surface area contributed by atoms with E-state index in [1.54, 1.807) is 0 Å². The quantitative estimate of drug-likeness (QED) is 0.597. The van der Waals surface area contributed by atoms with E-state index >= 15 is 0 Å². The maximum absolute atomic E-state index is 13.4. The zero-order valence-electron chi connectivity index (χ0n) is 22.6. The molecule has 0 aromatic heterocycles. The molecule has 1 aliphatic carbocycles. The molecule has 5 fully saturated rings. The molecule has 0 spiro atoms. The van der Waals surface area contributed by atoms with Gasteiger partial charge in [-0.3, -0.25) is 10.2 Å². The third-order valence-electron chi connectivity index (χ3n) is 10.2. The van der Waals surface area contributed by atoms with E-state index in [2.05, 4.69) is 34.3 Å². The van der Waals surface area contributed by atoms with Gasteiger partial charge in [0.15, 0.2) is 0 Å². The largest absolute Gasteiger partial charge is 0.342 e. The van der Waals surface area contributed by atoms with Crippen molar-refractivity contribution in [2.24, 2.45) is 17.8 Å². The molecule has 0 aromatic carbocycles. The highest BCUT2D eigenvalue weighted by molar-refractivity contribution is 7.89. The molecule has 0 radical (unpaired) electrons. The van der Waals surface area contributed by atoms with Gasteiger partial charge in [0, 0.05) is 51.4 Å². The molecular formula is C27H49N5O3S. The maximum Gasteiger partial charge on any atom is 0.228 e. The van der Waals surface area contributed by atoms with Crippen molar-refractivity contribution in [1.82, 2.24) is 24.5 Å². The van der Waals surface area contributed by atoms with Crippen LogP contribution in [-0.2, 0) is 14.8 Å². The van der Waals surface area contributed by atoms with Gasteiger partial charge >= 0.3 is 0 Å². The van der Waals surface area contributed by atoms with Crippen LogP contribution in [0.5, 0.6) is 0 Å². The second-order valence-electron chi connectivity index (χ2n) is 12.4. The predicted molar refractivity (Wildman–Crippen MR) is 143 cm³/mol. The topological polar surface area (TPSA) is 76.2 Å². The van der Waals surface area contributed by atoms with Crippen LogP contribution < -0.4 is 5.43 Å². The number of carbonyl (C=O) groups excluding carboxylic acids is 1. The summed E-state index contributed by atoms with van der Waals surface area (Å²) < 4.78 is 28.6. The molecule has 4 heterocycles. The molecule has 1 amide bonds. The molecule has 206 valence electrons. The van der Waals surface area contributed by atoms with E-state index in [-0.39, 0.29) is 11.2 Å². The van der Waals surface area contributed by atoms with Crippen LogP contribution in [0.15, 0.2) is 0 Å². The minimum atomic E-state index is -3.19. The number of nitrogens with zero attached hydrogens (tertiary/aromatic N) is 4. The number of fused-ring (bicyclic) bond motifs is 1. The fourth-order valence-corrected chi connectivity index (χ4v) is 9.84. The predicted octanol–water partition coefficient (Wildman–Crippen LogP) is 2.52. The van der Waals surface area contributed by atoms with E-state index in [9.17, 15) is 13.2 Å². The lowest BCUT2D eigenvalue weighted by Crippen LogP contribution is -2.50. The number of hydrazine groups is 1. The summed E-state index contributed by atoms with van der Waals surface area (Å²) in [5.41, 5.74) is 3.54. The Morgan fingerprint density at radius 3 is 2.08 bits per heavy atom. The van der Waals surface area contributed by atoms with Crippen LogP contribution in [0.4, 0.5) is 0 Å². The number of rotatable bonds is 5. The minimum Gasteiger partial charge on any atom is -0.342 e. The molecule has 5 aliphatic rings. The molecule has 0 bridgehead atoms. The SMILES string of the molecule is CN(C)C1CCC(S(=O)(=O)N2CCC(C3CCN4NCC(C(=O)N5CCCCCC5)C4C3)CC2)CC1. The van der Waals surface area contributed by atoms with Crippen LogP contribution >= 0.6 is 0 Å². The molecule has 3 unspecified atom stereocenters. The first-order valence-electron chi connectivity index (χ1n) is 14.8. The Hall–Kier alpha value is -0.740. The zero-order chi connectivity index (χ0) is 25.3. The van der Waals surface area contributed by atoms with Crippen molar-refractivity contribution < 1.29 is 13.2 Å². The number of amides is 1. The summed E-state index contributed by atoms with van der Waals surface area (Å²) in [5, 5.41) is 2.16. The molecule has 9 heteroatoms. The molecular weight excluding hydrogens is 474 g/mol. The van der Waals surface area contributed by atoms with Crippen LogP contribution in [0, 0.1) is 17.8 Å². The lowest BCUT2D eigenvalue weighted by atomic mass is 9.75. The normalized spacial score (nSPS) is 36.1. The van der Waals surface area contributed by atoms with Gasteiger partial charge in [0.1, 0.15) is 0 Å². The molecule has 3 atom stereocenters. The van der Waals surface area contributed by atoms with Crippen molar-refractivity contribution in [2.45, 2.75) is 94.4 Å². The molecule has 4 aliphatic heterocycles. The highest BCUT2D eigenvalue weighted by Gasteiger charge is 2.46. The molecule has 1 N–H and O–H groups in total. The van der Waals surface area contributed by atoms with Crippen LogP contribution in [0.3, 0.4) is 0 Å². The van der Waals surface area contributed by atoms with Crippen LogP contribution in [0.2, 0.25) is 0 Å². The monoisotopic (exact) mass is 523 g/mol. The van der Waals surface area contributed by atoms with Gasteiger partial charge in [-0.25, -0.2) is 17.7 Å². The lowest BCUT2D eigenvalue weighted by molar-refractivity contribution is -0.136. The summed E-state index contributed by atoms with van der Waals surface area (Å²) in [7, 11) is 1.01. The summed E-state index contributed by atoms with van der Waals surface area (Å²) in [6.45, 7) is 5.00. The number of carbonyl (C=O) groups is 1. The van der Waals surface area contributed by atoms with Crippen molar-refractivity contribution >= 4 is 15.9 Å². The van der Waals surface area contributed by atoms with Crippen molar-refractivity contribution in [1.29, 1.82) is 0 Å². The summed E-state index contributed by atoms with van der Waals surface area (Å²) >= 11 is 0. The highest BCUT2D eigenvalue weighted by Crippen LogP contribution is 2.39. The van der Waals surface area contributed by atoms with Gasteiger partial charge in [0.25, 0.3) is 0 Å². The van der Waals surface area contributed by atoms with E-state index in [1.807, 2.05) is 4.31 Å². The third kappa shape index (κ3) is 5.65. The number of hydrogen-bond donors (Lipinski definition) is 1. The minimum absolute atomic E-state index is 0.0728. The van der Waals surface area contributed by atoms with Crippen LogP contribution in [0.1, 0.15) is 77.0 Å². The molecule has 8 nitrogen and oxygen atoms in total. The van der Waals surface area contributed by atoms with Gasteiger partial charge in [-0.2, -0.15) is 0 Å². The van der Waals surface area contributed by atoms with Crippen molar-refractivity contribution in [2.75, 3.05) is 53.4 Å². The van der Waals surface area contributed by atoms with Crippen molar-refractivity contribution in [3.63, 3.8) is 0 Å². The molecule has 36 heavy (non-hydrogen) atoms. The number of hydrogen-bond acceptors (Lipinski definition) is 6. The second kappa shape index (κ2) is 11.6. The Bertz CT molecular complexity index is 843. The number of piperidine rings is 2. The maximum atomic E-state index is 13.4. The van der Waals surface area contributed by atoms with Gasteiger partial charge in [0.05, 0.1) is 11.2 Å². The standard InChI is InChI=1S/C27H49N5O3S/c1-29(2)23-7-9-24(10-8-23)36(34,35)31-16-11-21(12-17-31)22-13-18-32-26(19-22)25(20-28-32)27(33)30-14-5-3-4-6-15-30/h21-26,28H,3-20H2,1-2H3. The molecule has 0 aromatic rings. The summed E-state index contributed by atoms with van der Waals surface area (Å²) in [5.74, 6) is 1.62. The van der Waals surface area contributed by atoms with Gasteiger partial charge in [-0.1, -0.05) is 12.8 Å². The van der Waals surface area contributed by atoms with Crippen molar-refractivity contribution in [3.8, 4) is 0 Å². The lowest BCUT2D eigenvalue weighted by Gasteiger charge is -2.43. The summed E-state index contributed by atoms with van der Waals surface area (Å²) in [6, 6.07) is 0.821. The second-order valence-corrected chi connectivity index (χ2v) is 14.6. The van der Waals surface area contributed by atoms with E-state index < -0.39 is 10.0 Å². The first-order valence-corrected chi connectivity index (χ1v) is 16.3. The molecule has 1 saturated carbocycles. The van der Waals surface area contributed by atoms with E-state index in [1.165, 1.54) is 12.8 Å². The summed E-state index contributed by atoms with van der Waals surface area (Å²) in [4.78, 5) is 17.8. The van der Waals surface area contributed by atoms with Gasteiger partial charge < -0.3 is 9.80 Å². The Morgan fingerprint density at radius 1 is 0.806 bits per heavy atom. The average molecular weight is 524 g/mol. The number of likely N-dealkylation sites (tertiary alicyclic amines) is 1. The fourth-order valence-electron chi connectivity index (χ4n) is 7.83. The first-order chi connectivity index (χ1) is 17.3. The Balaban J connectivity index is 1.14. The fraction of sp³-hybridized carbons (Fsp3) is 0.963. The first kappa shape index (κ1) is 26.9. The molecule has 5 rings (SSSR count). The van der Waals surface area contributed by atoms with Gasteiger partial charge in [-0.05, 0) is 90.1 Å². The third-order valence-corrected chi connectivity index (χ3v) is 12.6. The Kier molecular flexibility index (Phi) is 8.62. The van der Waals surface area contributed by atoms with Gasteiger partial charge in [-0.15, -0.1) is 0 Å². The van der Waals surface area contributed by atoms with E-state index in [4.69, 9.17) is 0 Å². The summed E-state index contributed by atoms with van der Waals surface area (Å²) in [6.07, 6.45) is 12.5.